The van der Waals surface area contributed by atoms with Crippen molar-refractivity contribution in [3.63, 3.8) is 0 Å². The summed E-state index contributed by atoms with van der Waals surface area (Å²) in [7, 11) is 0. The summed E-state index contributed by atoms with van der Waals surface area (Å²) < 4.78 is 5.74. The van der Waals surface area contributed by atoms with Gasteiger partial charge in [-0.15, -0.1) is 0 Å². The number of hydrogen-bond donors (Lipinski definition) is 2. The molecular weight excluding hydrogens is 340 g/mol. The number of carbonyl (C=O) groups excluding carboxylic acids is 2. The Morgan fingerprint density at radius 3 is 2.30 bits per heavy atom. The van der Waals surface area contributed by atoms with Crippen molar-refractivity contribution in [1.29, 1.82) is 0 Å². The molecule has 0 aliphatic carbocycles. The van der Waals surface area contributed by atoms with Gasteiger partial charge < -0.3 is 15.4 Å². The Labute approximate surface area is 161 Å². The van der Waals surface area contributed by atoms with E-state index in [0.29, 0.717) is 29.5 Å². The van der Waals surface area contributed by atoms with Gasteiger partial charge in [-0.3, -0.25) is 9.59 Å². The van der Waals surface area contributed by atoms with Crippen molar-refractivity contribution in [3.8, 4) is 5.75 Å². The van der Waals surface area contributed by atoms with Gasteiger partial charge in [0.2, 0.25) is 0 Å². The lowest BCUT2D eigenvalue weighted by atomic mass is 10.0. The van der Waals surface area contributed by atoms with Gasteiger partial charge in [0.15, 0.2) is 6.10 Å². The molecule has 1 atom stereocenters. The summed E-state index contributed by atoms with van der Waals surface area (Å²) in [5.41, 5.74) is 2.13. The number of benzene rings is 2. The van der Waals surface area contributed by atoms with E-state index in [4.69, 9.17) is 4.74 Å². The fourth-order valence-electron chi connectivity index (χ4n) is 2.55. The van der Waals surface area contributed by atoms with Crippen LogP contribution in [0.15, 0.2) is 48.5 Å². The molecule has 2 rings (SSSR count). The number of carbonyl (C=O) groups is 2. The lowest BCUT2D eigenvalue weighted by Crippen LogP contribution is -2.32. The maximum absolute atomic E-state index is 12.5. The summed E-state index contributed by atoms with van der Waals surface area (Å²) in [6.45, 7) is 8.51. The molecule has 144 valence electrons. The highest BCUT2D eigenvalue weighted by molar-refractivity contribution is 6.04. The SMILES string of the molecule is CCCNC(=O)c1ccccc1NC(=O)C(C)Oc1ccc(C(C)C)cc1. The van der Waals surface area contributed by atoms with E-state index in [9.17, 15) is 9.59 Å². The summed E-state index contributed by atoms with van der Waals surface area (Å²) in [5, 5.41) is 5.62. The van der Waals surface area contributed by atoms with Crippen LogP contribution >= 0.6 is 0 Å². The molecule has 2 amide bonds. The minimum atomic E-state index is -0.693. The Hall–Kier alpha value is -2.82. The molecule has 5 heteroatoms. The number of rotatable bonds is 8. The second-order valence-electron chi connectivity index (χ2n) is 6.77. The Morgan fingerprint density at radius 1 is 1.00 bits per heavy atom. The Balaban J connectivity index is 2.03. The third-order valence-corrected chi connectivity index (χ3v) is 4.19. The van der Waals surface area contributed by atoms with Crippen molar-refractivity contribution in [2.75, 3.05) is 11.9 Å². The van der Waals surface area contributed by atoms with E-state index in [-0.39, 0.29) is 11.8 Å². The number of nitrogens with one attached hydrogen (secondary N) is 2. The molecule has 1 unspecified atom stereocenters. The van der Waals surface area contributed by atoms with Crippen molar-refractivity contribution in [2.24, 2.45) is 0 Å². The third-order valence-electron chi connectivity index (χ3n) is 4.19. The molecule has 2 aromatic carbocycles. The predicted octanol–water partition coefficient (Wildman–Crippen LogP) is 4.36. The van der Waals surface area contributed by atoms with Crippen LogP contribution in [0.3, 0.4) is 0 Å². The van der Waals surface area contributed by atoms with Gasteiger partial charge in [0.1, 0.15) is 5.75 Å². The van der Waals surface area contributed by atoms with E-state index >= 15 is 0 Å². The van der Waals surface area contributed by atoms with Gasteiger partial charge >= 0.3 is 0 Å². The number of para-hydroxylation sites is 1. The van der Waals surface area contributed by atoms with Gasteiger partial charge in [0.25, 0.3) is 11.8 Å². The second-order valence-corrected chi connectivity index (χ2v) is 6.77. The van der Waals surface area contributed by atoms with Gasteiger partial charge in [-0.25, -0.2) is 0 Å². The van der Waals surface area contributed by atoms with Gasteiger partial charge in [0, 0.05) is 6.54 Å². The average molecular weight is 368 g/mol. The second kappa shape index (κ2) is 9.76. The third kappa shape index (κ3) is 5.84. The van der Waals surface area contributed by atoms with Crippen LogP contribution in [0.5, 0.6) is 5.75 Å². The molecule has 0 fully saturated rings. The molecular formula is C22H28N2O3. The fourth-order valence-corrected chi connectivity index (χ4v) is 2.55. The molecule has 5 nitrogen and oxygen atoms in total. The maximum Gasteiger partial charge on any atom is 0.265 e. The Kier molecular flexibility index (Phi) is 7.41. The van der Waals surface area contributed by atoms with Crippen LogP contribution in [-0.4, -0.2) is 24.5 Å². The van der Waals surface area contributed by atoms with Crippen LogP contribution in [0.1, 0.15) is 56.0 Å². The monoisotopic (exact) mass is 368 g/mol. The van der Waals surface area contributed by atoms with E-state index in [2.05, 4.69) is 24.5 Å². The zero-order valence-electron chi connectivity index (χ0n) is 16.4. The molecule has 0 heterocycles. The standard InChI is InChI=1S/C22H28N2O3/c1-5-14-23-22(26)19-8-6-7-9-20(19)24-21(25)16(4)27-18-12-10-17(11-13-18)15(2)3/h6-13,15-16H,5,14H2,1-4H3,(H,23,26)(H,24,25). The lowest BCUT2D eigenvalue weighted by molar-refractivity contribution is -0.122. The number of anilines is 1. The van der Waals surface area contributed by atoms with Gasteiger partial charge in [0.05, 0.1) is 11.3 Å². The van der Waals surface area contributed by atoms with Crippen LogP contribution in [0.25, 0.3) is 0 Å². The van der Waals surface area contributed by atoms with Gasteiger partial charge in [-0.2, -0.15) is 0 Å². The van der Waals surface area contributed by atoms with Crippen LogP contribution in [-0.2, 0) is 4.79 Å². The molecule has 27 heavy (non-hydrogen) atoms. The van der Waals surface area contributed by atoms with E-state index in [1.807, 2.05) is 31.2 Å². The Morgan fingerprint density at radius 2 is 1.67 bits per heavy atom. The highest BCUT2D eigenvalue weighted by Crippen LogP contribution is 2.20. The van der Waals surface area contributed by atoms with Crippen LogP contribution in [0, 0.1) is 0 Å². The zero-order chi connectivity index (χ0) is 19.8. The summed E-state index contributed by atoms with van der Waals surface area (Å²) in [4.78, 5) is 24.8. The van der Waals surface area contributed by atoms with Crippen molar-refractivity contribution in [1.82, 2.24) is 5.32 Å². The van der Waals surface area contributed by atoms with Crippen LogP contribution in [0.2, 0.25) is 0 Å². The smallest absolute Gasteiger partial charge is 0.265 e. The summed E-state index contributed by atoms with van der Waals surface area (Å²) in [6.07, 6.45) is 0.155. The molecule has 0 radical (unpaired) electrons. The van der Waals surface area contributed by atoms with Gasteiger partial charge in [-0.1, -0.05) is 45.0 Å². The largest absolute Gasteiger partial charge is 0.481 e. The molecule has 0 bridgehead atoms. The topological polar surface area (TPSA) is 67.4 Å². The predicted molar refractivity (Wildman–Crippen MR) is 108 cm³/mol. The first kappa shape index (κ1) is 20.5. The highest BCUT2D eigenvalue weighted by atomic mass is 16.5. The fraction of sp³-hybridized carbons (Fsp3) is 0.364. The minimum absolute atomic E-state index is 0.203. The first-order chi connectivity index (χ1) is 12.9. The highest BCUT2D eigenvalue weighted by Gasteiger charge is 2.18. The number of hydrogen-bond acceptors (Lipinski definition) is 3. The van der Waals surface area contributed by atoms with Crippen LogP contribution in [0.4, 0.5) is 5.69 Å². The first-order valence-electron chi connectivity index (χ1n) is 9.37. The quantitative estimate of drug-likeness (QED) is 0.728. The number of amides is 2. The molecule has 2 aromatic rings. The van der Waals surface area contributed by atoms with Crippen molar-refractivity contribution >= 4 is 17.5 Å². The van der Waals surface area contributed by atoms with Crippen molar-refractivity contribution in [3.05, 3.63) is 59.7 Å². The molecule has 0 aliphatic rings. The lowest BCUT2D eigenvalue weighted by Gasteiger charge is -2.17. The zero-order valence-corrected chi connectivity index (χ0v) is 16.4. The van der Waals surface area contributed by atoms with Crippen LogP contribution < -0.4 is 15.4 Å². The minimum Gasteiger partial charge on any atom is -0.481 e. The van der Waals surface area contributed by atoms with E-state index in [1.165, 1.54) is 5.56 Å². The summed E-state index contributed by atoms with van der Waals surface area (Å²) in [5.74, 6) is 0.565. The molecule has 0 spiro atoms. The average Bonchev–Trinajstić information content (AvgIpc) is 2.66. The van der Waals surface area contributed by atoms with E-state index in [0.717, 1.165) is 6.42 Å². The van der Waals surface area contributed by atoms with Crippen molar-refractivity contribution < 1.29 is 14.3 Å². The van der Waals surface area contributed by atoms with Gasteiger partial charge in [-0.05, 0) is 49.1 Å². The normalized spacial score (nSPS) is 11.7. The molecule has 0 aliphatic heterocycles. The molecule has 0 aromatic heterocycles. The van der Waals surface area contributed by atoms with E-state index < -0.39 is 6.10 Å². The molecule has 0 saturated heterocycles. The maximum atomic E-state index is 12.5. The summed E-state index contributed by atoms with van der Waals surface area (Å²) >= 11 is 0. The first-order valence-corrected chi connectivity index (χ1v) is 9.37. The Bertz CT molecular complexity index is 769. The van der Waals surface area contributed by atoms with Crippen molar-refractivity contribution in [2.45, 2.75) is 46.1 Å². The molecule has 2 N–H and O–H groups in total. The summed E-state index contributed by atoms with van der Waals surface area (Å²) in [6, 6.07) is 14.7. The van der Waals surface area contributed by atoms with E-state index in [1.54, 1.807) is 31.2 Å². The molecule has 0 saturated carbocycles. The number of ether oxygens (including phenoxy) is 1.